The molecule has 1 aromatic rings. The molecule has 0 spiro atoms. The fourth-order valence-electron chi connectivity index (χ4n) is 1.67. The summed E-state index contributed by atoms with van der Waals surface area (Å²) in [6.45, 7) is 5.36. The Hall–Kier alpha value is -2.02. The van der Waals surface area contributed by atoms with Crippen molar-refractivity contribution in [2.75, 3.05) is 30.3 Å². The second-order valence-electron chi connectivity index (χ2n) is 4.08. The van der Waals surface area contributed by atoms with Gasteiger partial charge in [-0.1, -0.05) is 6.08 Å². The van der Waals surface area contributed by atoms with Crippen LogP contribution in [0.5, 0.6) is 5.75 Å². The number of rotatable bonds is 8. The molecule has 0 saturated carbocycles. The van der Waals surface area contributed by atoms with Crippen LogP contribution in [0.3, 0.4) is 0 Å². The molecule has 7 heteroatoms. The predicted octanol–water partition coefficient (Wildman–Crippen LogP) is 1.58. The number of hydrogen-bond acceptors (Lipinski definition) is 5. The molecule has 6 nitrogen and oxygen atoms in total. The van der Waals surface area contributed by atoms with Gasteiger partial charge >= 0.3 is 5.97 Å². The first-order chi connectivity index (χ1) is 9.94. The Morgan fingerprint density at radius 1 is 1.33 bits per heavy atom. The van der Waals surface area contributed by atoms with E-state index in [0.717, 1.165) is 4.31 Å². The van der Waals surface area contributed by atoms with Crippen molar-refractivity contribution in [3.8, 4) is 5.75 Å². The Bertz CT molecular complexity index is 580. The van der Waals surface area contributed by atoms with Gasteiger partial charge in [0, 0.05) is 0 Å². The minimum atomic E-state index is -3.83. The molecule has 0 aliphatic carbocycles. The topological polar surface area (TPSA) is 72.9 Å². The first-order valence-electron chi connectivity index (χ1n) is 6.35. The molecule has 0 saturated heterocycles. The highest BCUT2D eigenvalue weighted by Gasteiger charge is 2.25. The Morgan fingerprint density at radius 2 is 1.95 bits per heavy atom. The highest BCUT2D eigenvalue weighted by Crippen LogP contribution is 2.22. The minimum Gasteiger partial charge on any atom is -0.497 e. The smallest absolute Gasteiger partial charge is 0.323 e. The molecular formula is C14H19NO5S. The molecule has 0 atom stereocenters. The molecule has 0 N–H and O–H groups in total. The van der Waals surface area contributed by atoms with Crippen LogP contribution in [0.25, 0.3) is 0 Å². The van der Waals surface area contributed by atoms with Crippen LogP contribution in [0.15, 0.2) is 36.9 Å². The third-order valence-corrected chi connectivity index (χ3v) is 4.23. The lowest BCUT2D eigenvalue weighted by molar-refractivity contribution is -0.139. The van der Waals surface area contributed by atoms with E-state index >= 15 is 0 Å². The summed E-state index contributed by atoms with van der Waals surface area (Å²) >= 11 is 0. The van der Waals surface area contributed by atoms with Gasteiger partial charge < -0.3 is 9.47 Å². The van der Waals surface area contributed by atoms with Crippen LogP contribution in [0.2, 0.25) is 0 Å². The van der Waals surface area contributed by atoms with Crippen LogP contribution in [0, 0.1) is 0 Å². The fourth-order valence-corrected chi connectivity index (χ4v) is 2.99. The average molecular weight is 313 g/mol. The number of nitrogens with zero attached hydrogens (tertiary/aromatic N) is 1. The summed E-state index contributed by atoms with van der Waals surface area (Å²) in [6, 6.07) is 6.49. The van der Waals surface area contributed by atoms with E-state index in [4.69, 9.17) is 4.74 Å². The number of carbonyl (C=O) groups is 1. The molecule has 0 heterocycles. The van der Waals surface area contributed by atoms with Gasteiger partial charge in [0.2, 0.25) is 10.0 Å². The van der Waals surface area contributed by atoms with E-state index in [2.05, 4.69) is 11.3 Å². The summed E-state index contributed by atoms with van der Waals surface area (Å²) in [7, 11) is -2.31. The maximum atomic E-state index is 12.3. The van der Waals surface area contributed by atoms with Gasteiger partial charge in [-0.2, -0.15) is 0 Å². The van der Waals surface area contributed by atoms with E-state index in [0.29, 0.717) is 11.4 Å². The van der Waals surface area contributed by atoms with Gasteiger partial charge in [0.1, 0.15) is 5.75 Å². The van der Waals surface area contributed by atoms with E-state index in [-0.39, 0.29) is 13.2 Å². The quantitative estimate of drug-likeness (QED) is 0.538. The molecule has 0 fully saturated rings. The van der Waals surface area contributed by atoms with Crippen LogP contribution in [0.1, 0.15) is 6.92 Å². The number of anilines is 1. The van der Waals surface area contributed by atoms with E-state index in [1.54, 1.807) is 31.2 Å². The Labute approximate surface area is 125 Å². The van der Waals surface area contributed by atoms with Crippen molar-refractivity contribution in [3.05, 3.63) is 36.9 Å². The number of methoxy groups -OCH3 is 1. The standard InChI is InChI=1S/C14H19NO5S/c1-4-10-15(12-6-8-13(19-3)9-7-12)21(17,18)11-14(16)20-5-2/h4,6-9H,1,5,10-11H2,2-3H3. The molecule has 1 aromatic carbocycles. The number of ether oxygens (including phenoxy) is 2. The number of carbonyl (C=O) groups excluding carboxylic acids is 1. The molecule has 0 unspecified atom stereocenters. The van der Waals surface area contributed by atoms with Gasteiger partial charge in [-0.25, -0.2) is 8.42 Å². The molecule has 0 aliphatic heterocycles. The summed E-state index contributed by atoms with van der Waals surface area (Å²) in [6.07, 6.45) is 1.45. The van der Waals surface area contributed by atoms with Crippen molar-refractivity contribution in [3.63, 3.8) is 0 Å². The maximum absolute atomic E-state index is 12.3. The Kier molecular flexibility index (Phi) is 6.23. The lowest BCUT2D eigenvalue weighted by Crippen LogP contribution is -2.36. The first-order valence-corrected chi connectivity index (χ1v) is 7.96. The normalized spacial score (nSPS) is 10.8. The lowest BCUT2D eigenvalue weighted by Gasteiger charge is -2.22. The summed E-state index contributed by atoms with van der Waals surface area (Å²) in [5.41, 5.74) is 0.431. The molecule has 0 aliphatic rings. The molecule has 0 amide bonds. The van der Waals surface area contributed by atoms with E-state index in [1.807, 2.05) is 0 Å². The van der Waals surface area contributed by atoms with Crippen LogP contribution < -0.4 is 9.04 Å². The molecule has 0 radical (unpaired) electrons. The first kappa shape index (κ1) is 17.0. The molecule has 0 aromatic heterocycles. The minimum absolute atomic E-state index is 0.0636. The van der Waals surface area contributed by atoms with Crippen LogP contribution in [0.4, 0.5) is 5.69 Å². The molecule has 116 valence electrons. The van der Waals surface area contributed by atoms with Crippen molar-refractivity contribution in [1.82, 2.24) is 0 Å². The summed E-state index contributed by atoms with van der Waals surface area (Å²) in [5, 5.41) is 0. The van der Waals surface area contributed by atoms with Gasteiger partial charge in [-0.05, 0) is 31.2 Å². The lowest BCUT2D eigenvalue weighted by atomic mass is 10.3. The molecular weight excluding hydrogens is 294 g/mol. The zero-order valence-corrected chi connectivity index (χ0v) is 12.9. The number of benzene rings is 1. The van der Waals surface area contributed by atoms with E-state index < -0.39 is 21.7 Å². The molecule has 0 bridgehead atoms. The second-order valence-corrected chi connectivity index (χ2v) is 5.97. The van der Waals surface area contributed by atoms with E-state index in [1.165, 1.54) is 13.2 Å². The zero-order chi connectivity index (χ0) is 15.9. The van der Waals surface area contributed by atoms with Crippen molar-refractivity contribution < 1.29 is 22.7 Å². The number of sulfonamides is 1. The van der Waals surface area contributed by atoms with Crippen LogP contribution in [-0.4, -0.2) is 40.4 Å². The zero-order valence-electron chi connectivity index (χ0n) is 12.1. The second kappa shape index (κ2) is 7.68. The summed E-state index contributed by atoms with van der Waals surface area (Å²) < 4.78 is 35.4. The third-order valence-electron chi connectivity index (χ3n) is 2.60. The van der Waals surface area contributed by atoms with Crippen LogP contribution in [-0.2, 0) is 19.6 Å². The van der Waals surface area contributed by atoms with Crippen molar-refractivity contribution in [1.29, 1.82) is 0 Å². The Morgan fingerprint density at radius 3 is 2.43 bits per heavy atom. The summed E-state index contributed by atoms with van der Waals surface area (Å²) in [4.78, 5) is 11.4. The maximum Gasteiger partial charge on any atom is 0.323 e. The van der Waals surface area contributed by atoms with Gasteiger partial charge in [0.05, 0.1) is 25.9 Å². The Balaban J connectivity index is 3.03. The highest BCUT2D eigenvalue weighted by atomic mass is 32.2. The van der Waals surface area contributed by atoms with Crippen molar-refractivity contribution >= 4 is 21.7 Å². The SMILES string of the molecule is C=CCN(c1ccc(OC)cc1)S(=O)(=O)CC(=O)OCC. The fraction of sp³-hybridized carbons (Fsp3) is 0.357. The van der Waals surface area contributed by atoms with Gasteiger partial charge in [-0.15, -0.1) is 6.58 Å². The number of esters is 1. The monoisotopic (exact) mass is 313 g/mol. The molecule has 21 heavy (non-hydrogen) atoms. The van der Waals surface area contributed by atoms with Crippen molar-refractivity contribution in [2.45, 2.75) is 6.92 Å². The summed E-state index contributed by atoms with van der Waals surface area (Å²) in [5.74, 6) is -0.874. The van der Waals surface area contributed by atoms with Crippen molar-refractivity contribution in [2.24, 2.45) is 0 Å². The van der Waals surface area contributed by atoms with Gasteiger partial charge in [0.25, 0.3) is 0 Å². The number of hydrogen-bond donors (Lipinski definition) is 0. The van der Waals surface area contributed by atoms with Gasteiger partial charge in [-0.3, -0.25) is 9.10 Å². The largest absolute Gasteiger partial charge is 0.497 e. The highest BCUT2D eigenvalue weighted by molar-refractivity contribution is 7.93. The van der Waals surface area contributed by atoms with E-state index in [9.17, 15) is 13.2 Å². The molecule has 1 rings (SSSR count). The van der Waals surface area contributed by atoms with Crippen LogP contribution >= 0.6 is 0 Å². The third kappa shape index (κ3) is 4.78. The van der Waals surface area contributed by atoms with Gasteiger partial charge in [0.15, 0.2) is 5.75 Å². The predicted molar refractivity (Wildman–Crippen MR) is 81.0 cm³/mol. The average Bonchev–Trinajstić information content (AvgIpc) is 2.44.